The highest BCUT2D eigenvalue weighted by molar-refractivity contribution is 5.94. The van der Waals surface area contributed by atoms with E-state index in [2.05, 4.69) is 5.32 Å². The van der Waals surface area contributed by atoms with Gasteiger partial charge in [-0.25, -0.2) is 0 Å². The van der Waals surface area contributed by atoms with Gasteiger partial charge in [-0.1, -0.05) is 32.0 Å². The summed E-state index contributed by atoms with van der Waals surface area (Å²) in [7, 11) is 0. The minimum absolute atomic E-state index is 0.0443. The molecule has 0 bridgehead atoms. The highest BCUT2D eigenvalue weighted by Gasteiger charge is 2.16. The van der Waals surface area contributed by atoms with Gasteiger partial charge in [0.25, 0.3) is 5.91 Å². The van der Waals surface area contributed by atoms with E-state index < -0.39 is 0 Å². The lowest BCUT2D eigenvalue weighted by Crippen LogP contribution is -2.38. The lowest BCUT2D eigenvalue weighted by atomic mass is 9.94. The van der Waals surface area contributed by atoms with Crippen molar-refractivity contribution >= 4 is 5.91 Å². The maximum atomic E-state index is 11.7. The number of carbonyl (C=O) groups excluding carboxylic acids is 1. The summed E-state index contributed by atoms with van der Waals surface area (Å²) < 4.78 is 0. The van der Waals surface area contributed by atoms with Gasteiger partial charge in [0.05, 0.1) is 0 Å². The molecule has 0 saturated carbocycles. The first kappa shape index (κ1) is 11.7. The second-order valence-electron chi connectivity index (χ2n) is 4.42. The van der Waals surface area contributed by atoms with E-state index in [-0.39, 0.29) is 11.3 Å². The van der Waals surface area contributed by atoms with E-state index in [1.807, 2.05) is 32.0 Å². The highest BCUT2D eigenvalue weighted by atomic mass is 16.1. The summed E-state index contributed by atoms with van der Waals surface area (Å²) in [5.74, 6) is -0.0443. The topological polar surface area (TPSA) is 55.1 Å². The van der Waals surface area contributed by atoms with Gasteiger partial charge in [0, 0.05) is 12.1 Å². The smallest absolute Gasteiger partial charge is 0.251 e. The molecule has 1 aromatic rings. The van der Waals surface area contributed by atoms with Crippen molar-refractivity contribution in [3.8, 4) is 0 Å². The number of nitrogens with one attached hydrogen (secondary N) is 1. The van der Waals surface area contributed by atoms with E-state index in [4.69, 9.17) is 5.73 Å². The molecule has 0 radical (unpaired) electrons. The molecule has 0 fully saturated rings. The molecule has 0 aliphatic rings. The molecule has 3 nitrogen and oxygen atoms in total. The summed E-state index contributed by atoms with van der Waals surface area (Å²) in [6.45, 7) is 5.20. The fraction of sp³-hybridized carbons (Fsp3) is 0.417. The van der Waals surface area contributed by atoms with Crippen molar-refractivity contribution in [2.45, 2.75) is 13.8 Å². The van der Waals surface area contributed by atoms with E-state index in [1.165, 1.54) is 0 Å². The van der Waals surface area contributed by atoms with Crippen molar-refractivity contribution in [3.05, 3.63) is 35.9 Å². The van der Waals surface area contributed by atoms with Gasteiger partial charge < -0.3 is 11.1 Å². The van der Waals surface area contributed by atoms with Crippen LogP contribution in [0.2, 0.25) is 0 Å². The third kappa shape index (κ3) is 3.72. The van der Waals surface area contributed by atoms with Crippen LogP contribution in [0.4, 0.5) is 0 Å². The second-order valence-corrected chi connectivity index (χ2v) is 4.42. The van der Waals surface area contributed by atoms with Crippen molar-refractivity contribution < 1.29 is 4.79 Å². The van der Waals surface area contributed by atoms with Crippen LogP contribution in [0.1, 0.15) is 24.2 Å². The summed E-state index contributed by atoms with van der Waals surface area (Å²) in [5, 5.41) is 2.87. The Morgan fingerprint density at radius 3 is 2.47 bits per heavy atom. The number of hydrogen-bond donors (Lipinski definition) is 2. The van der Waals surface area contributed by atoms with Crippen molar-refractivity contribution in [2.24, 2.45) is 11.1 Å². The molecule has 3 heteroatoms. The number of hydrogen-bond acceptors (Lipinski definition) is 2. The van der Waals surface area contributed by atoms with Gasteiger partial charge in [-0.2, -0.15) is 0 Å². The van der Waals surface area contributed by atoms with Crippen LogP contribution in [-0.4, -0.2) is 19.0 Å². The molecule has 0 unspecified atom stereocenters. The number of nitrogens with two attached hydrogens (primary N) is 1. The summed E-state index contributed by atoms with van der Waals surface area (Å²) in [6.07, 6.45) is 0. The Hall–Kier alpha value is -1.35. The van der Waals surface area contributed by atoms with Crippen LogP contribution in [0.5, 0.6) is 0 Å². The van der Waals surface area contributed by atoms with Crippen LogP contribution in [0, 0.1) is 5.41 Å². The third-order valence-corrected chi connectivity index (χ3v) is 2.32. The minimum Gasteiger partial charge on any atom is -0.351 e. The van der Waals surface area contributed by atoms with E-state index in [0.717, 1.165) is 0 Å². The summed E-state index contributed by atoms with van der Waals surface area (Å²) in [4.78, 5) is 11.7. The molecular formula is C12H18N2O. The maximum absolute atomic E-state index is 11.7. The molecular weight excluding hydrogens is 188 g/mol. The Bertz CT molecular complexity index is 320. The first-order chi connectivity index (χ1) is 7.05. The molecule has 82 valence electrons. The van der Waals surface area contributed by atoms with Gasteiger partial charge in [-0.3, -0.25) is 4.79 Å². The predicted octanol–water partition coefficient (Wildman–Crippen LogP) is 1.40. The lowest BCUT2D eigenvalue weighted by Gasteiger charge is -2.22. The van der Waals surface area contributed by atoms with Gasteiger partial charge in [-0.05, 0) is 24.1 Å². The molecule has 0 aliphatic heterocycles. The van der Waals surface area contributed by atoms with Crippen molar-refractivity contribution in [3.63, 3.8) is 0 Å². The minimum atomic E-state index is -0.0512. The molecule has 1 amide bonds. The Balaban J connectivity index is 2.51. The summed E-state index contributed by atoms with van der Waals surface area (Å²) >= 11 is 0. The average Bonchev–Trinajstić information content (AvgIpc) is 2.27. The molecule has 0 aliphatic carbocycles. The Labute approximate surface area is 90.7 Å². The normalized spacial score (nSPS) is 11.1. The van der Waals surface area contributed by atoms with Crippen molar-refractivity contribution in [2.75, 3.05) is 13.1 Å². The quantitative estimate of drug-likeness (QED) is 0.782. The number of amides is 1. The average molecular weight is 206 g/mol. The van der Waals surface area contributed by atoms with Crippen LogP contribution in [0.25, 0.3) is 0 Å². The fourth-order valence-electron chi connectivity index (χ4n) is 1.08. The van der Waals surface area contributed by atoms with E-state index in [9.17, 15) is 4.79 Å². The van der Waals surface area contributed by atoms with Crippen LogP contribution < -0.4 is 11.1 Å². The zero-order valence-corrected chi connectivity index (χ0v) is 9.29. The maximum Gasteiger partial charge on any atom is 0.251 e. The molecule has 0 atom stereocenters. The van der Waals surface area contributed by atoms with Crippen molar-refractivity contribution in [1.29, 1.82) is 0 Å². The van der Waals surface area contributed by atoms with E-state index >= 15 is 0 Å². The molecule has 0 heterocycles. The standard InChI is InChI=1S/C12H18N2O/c1-12(2,8-13)9-14-11(15)10-6-4-3-5-7-10/h3-7H,8-9,13H2,1-2H3,(H,14,15). The Morgan fingerprint density at radius 1 is 1.33 bits per heavy atom. The van der Waals surface area contributed by atoms with Crippen molar-refractivity contribution in [1.82, 2.24) is 5.32 Å². The molecule has 0 saturated heterocycles. The third-order valence-electron chi connectivity index (χ3n) is 2.32. The van der Waals surface area contributed by atoms with Gasteiger partial charge in [0.2, 0.25) is 0 Å². The molecule has 15 heavy (non-hydrogen) atoms. The van der Waals surface area contributed by atoms with Gasteiger partial charge in [0.1, 0.15) is 0 Å². The molecule has 0 spiro atoms. The van der Waals surface area contributed by atoms with E-state index in [0.29, 0.717) is 18.7 Å². The number of benzene rings is 1. The van der Waals surface area contributed by atoms with E-state index in [1.54, 1.807) is 12.1 Å². The highest BCUT2D eigenvalue weighted by Crippen LogP contribution is 2.10. The molecule has 1 aromatic carbocycles. The van der Waals surface area contributed by atoms with Crippen LogP contribution in [-0.2, 0) is 0 Å². The first-order valence-corrected chi connectivity index (χ1v) is 5.08. The van der Waals surface area contributed by atoms with Gasteiger partial charge in [0.15, 0.2) is 0 Å². The van der Waals surface area contributed by atoms with Gasteiger partial charge >= 0.3 is 0 Å². The summed E-state index contributed by atoms with van der Waals surface area (Å²) in [6, 6.07) is 9.18. The molecule has 3 N–H and O–H groups in total. The Morgan fingerprint density at radius 2 is 1.93 bits per heavy atom. The summed E-state index contributed by atoms with van der Waals surface area (Å²) in [5.41, 5.74) is 6.21. The molecule has 1 rings (SSSR count). The second kappa shape index (κ2) is 4.94. The van der Waals surface area contributed by atoms with Gasteiger partial charge in [-0.15, -0.1) is 0 Å². The predicted molar refractivity (Wildman–Crippen MR) is 61.6 cm³/mol. The van der Waals surface area contributed by atoms with Crippen LogP contribution >= 0.6 is 0 Å². The lowest BCUT2D eigenvalue weighted by molar-refractivity contribution is 0.0938. The first-order valence-electron chi connectivity index (χ1n) is 5.08. The monoisotopic (exact) mass is 206 g/mol. The number of rotatable bonds is 4. The number of carbonyl (C=O) groups is 1. The van der Waals surface area contributed by atoms with Crippen LogP contribution in [0.15, 0.2) is 30.3 Å². The zero-order chi connectivity index (χ0) is 11.3. The SMILES string of the molecule is CC(C)(CN)CNC(=O)c1ccccc1. The fourth-order valence-corrected chi connectivity index (χ4v) is 1.08. The van der Waals surface area contributed by atoms with Crippen LogP contribution in [0.3, 0.4) is 0 Å². The largest absolute Gasteiger partial charge is 0.351 e. The molecule has 0 aromatic heterocycles. The zero-order valence-electron chi connectivity index (χ0n) is 9.29. The Kier molecular flexibility index (Phi) is 3.86.